The van der Waals surface area contributed by atoms with Crippen LogP contribution in [0.15, 0.2) is 36.4 Å². The summed E-state index contributed by atoms with van der Waals surface area (Å²) in [5.74, 6) is 1.50. The molecule has 0 amide bonds. The van der Waals surface area contributed by atoms with Gasteiger partial charge in [-0.2, -0.15) is 0 Å². The van der Waals surface area contributed by atoms with Crippen molar-refractivity contribution in [3.05, 3.63) is 53.2 Å². The number of ether oxygens (including phenoxy) is 1. The van der Waals surface area contributed by atoms with Gasteiger partial charge in [-0.25, -0.2) is 4.98 Å². The van der Waals surface area contributed by atoms with Crippen LogP contribution >= 0.6 is 0 Å². The van der Waals surface area contributed by atoms with Gasteiger partial charge in [-0.1, -0.05) is 32.0 Å². The fourth-order valence-corrected chi connectivity index (χ4v) is 2.16. The van der Waals surface area contributed by atoms with Crippen LogP contribution in [0.4, 0.5) is 0 Å². The van der Waals surface area contributed by atoms with E-state index in [4.69, 9.17) is 4.74 Å². The molecule has 0 atom stereocenters. The molecule has 1 aromatic carbocycles. The van der Waals surface area contributed by atoms with Crippen LogP contribution in [0.1, 0.15) is 37.1 Å². The lowest BCUT2D eigenvalue weighted by atomic mass is 10.2. The minimum atomic E-state index is 0.653. The summed E-state index contributed by atoms with van der Waals surface area (Å²) in [7, 11) is 0. The molecule has 21 heavy (non-hydrogen) atoms. The van der Waals surface area contributed by atoms with E-state index in [-0.39, 0.29) is 0 Å². The summed E-state index contributed by atoms with van der Waals surface area (Å²) in [5.41, 5.74) is 3.51. The van der Waals surface area contributed by atoms with Gasteiger partial charge in [0, 0.05) is 18.3 Å². The molecule has 112 valence electrons. The van der Waals surface area contributed by atoms with Gasteiger partial charge in [0.2, 0.25) is 5.88 Å². The Kier molecular flexibility index (Phi) is 5.76. The number of rotatable bonds is 7. The number of nitrogens with zero attached hydrogens (tertiary/aromatic N) is 1. The molecule has 0 radical (unpaired) electrons. The SMILES string of the molecule is CCCNCc1ccc(Oc2cccc(CC)c2)nc1C. The maximum atomic E-state index is 5.85. The Bertz CT molecular complexity index is 581. The Morgan fingerprint density at radius 1 is 1.14 bits per heavy atom. The van der Waals surface area contributed by atoms with Crippen LogP contribution in [-0.2, 0) is 13.0 Å². The smallest absolute Gasteiger partial charge is 0.219 e. The standard InChI is InChI=1S/C18H24N2O/c1-4-11-19-13-16-9-10-18(20-14(16)3)21-17-8-6-7-15(5-2)12-17/h6-10,12,19H,4-5,11,13H2,1-3H3. The Balaban J connectivity index is 2.05. The van der Waals surface area contributed by atoms with Crippen LogP contribution in [0.25, 0.3) is 0 Å². The minimum absolute atomic E-state index is 0.653. The summed E-state index contributed by atoms with van der Waals surface area (Å²) in [5, 5.41) is 3.40. The van der Waals surface area contributed by atoms with Gasteiger partial charge in [0.15, 0.2) is 0 Å². The lowest BCUT2D eigenvalue weighted by molar-refractivity contribution is 0.460. The zero-order valence-corrected chi connectivity index (χ0v) is 13.1. The molecular formula is C18H24N2O. The first-order chi connectivity index (χ1) is 10.2. The van der Waals surface area contributed by atoms with E-state index in [1.807, 2.05) is 25.1 Å². The lowest BCUT2D eigenvalue weighted by Crippen LogP contribution is -2.15. The van der Waals surface area contributed by atoms with E-state index in [0.29, 0.717) is 5.88 Å². The van der Waals surface area contributed by atoms with Crippen molar-refractivity contribution in [2.75, 3.05) is 6.54 Å². The van der Waals surface area contributed by atoms with Crippen molar-refractivity contribution in [1.82, 2.24) is 10.3 Å². The molecule has 0 bridgehead atoms. The Hall–Kier alpha value is -1.87. The molecule has 0 spiro atoms. The molecular weight excluding hydrogens is 260 g/mol. The molecule has 2 rings (SSSR count). The Morgan fingerprint density at radius 3 is 2.71 bits per heavy atom. The third kappa shape index (κ3) is 4.57. The first-order valence-electron chi connectivity index (χ1n) is 7.67. The molecule has 0 aliphatic carbocycles. The number of hydrogen-bond acceptors (Lipinski definition) is 3. The fourth-order valence-electron chi connectivity index (χ4n) is 2.16. The molecule has 1 aromatic heterocycles. The molecule has 3 heteroatoms. The summed E-state index contributed by atoms with van der Waals surface area (Å²) in [6.45, 7) is 8.22. The van der Waals surface area contributed by atoms with Gasteiger partial charge in [0.25, 0.3) is 0 Å². The molecule has 3 nitrogen and oxygen atoms in total. The number of nitrogens with one attached hydrogen (secondary N) is 1. The first kappa shape index (κ1) is 15.5. The van der Waals surface area contributed by atoms with Gasteiger partial charge in [-0.3, -0.25) is 0 Å². The highest BCUT2D eigenvalue weighted by Gasteiger charge is 2.04. The molecule has 0 aliphatic rings. The maximum absolute atomic E-state index is 5.85. The van der Waals surface area contributed by atoms with Crippen molar-refractivity contribution in [2.24, 2.45) is 0 Å². The third-order valence-corrected chi connectivity index (χ3v) is 3.44. The summed E-state index contributed by atoms with van der Waals surface area (Å²) >= 11 is 0. The van der Waals surface area contributed by atoms with Crippen LogP contribution in [0, 0.1) is 6.92 Å². The van der Waals surface area contributed by atoms with Crippen molar-refractivity contribution < 1.29 is 4.74 Å². The minimum Gasteiger partial charge on any atom is -0.439 e. The Labute approximate surface area is 127 Å². The van der Waals surface area contributed by atoms with Crippen molar-refractivity contribution >= 4 is 0 Å². The second-order valence-electron chi connectivity index (χ2n) is 5.17. The average molecular weight is 284 g/mol. The van der Waals surface area contributed by atoms with Crippen LogP contribution in [-0.4, -0.2) is 11.5 Å². The van der Waals surface area contributed by atoms with Crippen molar-refractivity contribution in [2.45, 2.75) is 40.2 Å². The molecule has 0 aliphatic heterocycles. The lowest BCUT2D eigenvalue weighted by Gasteiger charge is -2.10. The highest BCUT2D eigenvalue weighted by molar-refractivity contribution is 5.33. The normalized spacial score (nSPS) is 10.6. The number of benzene rings is 1. The predicted molar refractivity (Wildman–Crippen MR) is 86.9 cm³/mol. The zero-order chi connectivity index (χ0) is 15.1. The van der Waals surface area contributed by atoms with Gasteiger partial charge in [-0.15, -0.1) is 0 Å². The topological polar surface area (TPSA) is 34.1 Å². The molecule has 2 aromatic rings. The van der Waals surface area contributed by atoms with Gasteiger partial charge in [0.05, 0.1) is 0 Å². The molecule has 1 N–H and O–H groups in total. The molecule has 0 saturated heterocycles. The number of pyridine rings is 1. The van der Waals surface area contributed by atoms with Crippen molar-refractivity contribution in [3.63, 3.8) is 0 Å². The van der Waals surface area contributed by atoms with E-state index >= 15 is 0 Å². The number of hydrogen-bond donors (Lipinski definition) is 1. The molecule has 0 fully saturated rings. The van der Waals surface area contributed by atoms with Crippen LogP contribution < -0.4 is 10.1 Å². The van der Waals surface area contributed by atoms with Crippen molar-refractivity contribution in [1.29, 1.82) is 0 Å². The van der Waals surface area contributed by atoms with E-state index < -0.39 is 0 Å². The second-order valence-corrected chi connectivity index (χ2v) is 5.17. The summed E-state index contributed by atoms with van der Waals surface area (Å²) in [6.07, 6.45) is 2.15. The molecule has 0 saturated carbocycles. The third-order valence-electron chi connectivity index (χ3n) is 3.44. The summed E-state index contributed by atoms with van der Waals surface area (Å²) < 4.78 is 5.85. The second kappa shape index (κ2) is 7.79. The van der Waals surface area contributed by atoms with E-state index in [1.54, 1.807) is 0 Å². The average Bonchev–Trinajstić information content (AvgIpc) is 2.50. The van der Waals surface area contributed by atoms with E-state index in [9.17, 15) is 0 Å². The molecule has 1 heterocycles. The summed E-state index contributed by atoms with van der Waals surface area (Å²) in [4.78, 5) is 4.54. The quantitative estimate of drug-likeness (QED) is 0.772. The van der Waals surface area contributed by atoms with Crippen LogP contribution in [0.3, 0.4) is 0 Å². The highest BCUT2D eigenvalue weighted by Crippen LogP contribution is 2.22. The maximum Gasteiger partial charge on any atom is 0.219 e. The van der Waals surface area contributed by atoms with Gasteiger partial charge < -0.3 is 10.1 Å². The highest BCUT2D eigenvalue weighted by atomic mass is 16.5. The van der Waals surface area contributed by atoms with Crippen molar-refractivity contribution in [3.8, 4) is 11.6 Å². The number of aromatic nitrogens is 1. The fraction of sp³-hybridized carbons (Fsp3) is 0.389. The van der Waals surface area contributed by atoms with E-state index in [2.05, 4.69) is 42.3 Å². The van der Waals surface area contributed by atoms with Crippen LogP contribution in [0.5, 0.6) is 11.6 Å². The largest absolute Gasteiger partial charge is 0.439 e. The van der Waals surface area contributed by atoms with Gasteiger partial charge in [-0.05, 0) is 49.6 Å². The molecule has 0 unspecified atom stereocenters. The van der Waals surface area contributed by atoms with Crippen LogP contribution in [0.2, 0.25) is 0 Å². The number of aryl methyl sites for hydroxylation is 2. The van der Waals surface area contributed by atoms with Gasteiger partial charge in [0.1, 0.15) is 5.75 Å². The summed E-state index contributed by atoms with van der Waals surface area (Å²) in [6, 6.07) is 12.2. The first-order valence-corrected chi connectivity index (χ1v) is 7.67. The predicted octanol–water partition coefficient (Wildman–Crippen LogP) is 4.24. The zero-order valence-electron chi connectivity index (χ0n) is 13.1. The monoisotopic (exact) mass is 284 g/mol. The van der Waals surface area contributed by atoms with Gasteiger partial charge >= 0.3 is 0 Å². The van der Waals surface area contributed by atoms with E-state index in [1.165, 1.54) is 11.1 Å². The Morgan fingerprint density at radius 2 is 2.00 bits per heavy atom. The van der Waals surface area contributed by atoms with E-state index in [0.717, 1.165) is 37.4 Å².